The average molecular weight is 310 g/mol. The Kier molecular flexibility index (Phi) is 17.0. The molecule has 0 aromatic heterocycles. The van der Waals surface area contributed by atoms with Crippen LogP contribution in [0.15, 0.2) is 12.2 Å². The fraction of sp³-hybridized carbons (Fsp3) is 0.789. The summed E-state index contributed by atoms with van der Waals surface area (Å²) in [4.78, 5) is 20.8. The molecule has 0 aromatic carbocycles. The van der Waals surface area contributed by atoms with Crippen LogP contribution in [0.25, 0.3) is 0 Å². The number of hydrogen-bond donors (Lipinski definition) is 0. The number of hydrogen-bond acceptors (Lipinski definition) is 3. The molecule has 0 saturated carbocycles. The van der Waals surface area contributed by atoms with Gasteiger partial charge in [0.15, 0.2) is 0 Å². The molecule has 128 valence electrons. The van der Waals surface area contributed by atoms with Gasteiger partial charge in [0.05, 0.1) is 0 Å². The smallest absolute Gasteiger partial charge is 0.313 e. The Balaban J connectivity index is 3.14. The Morgan fingerprint density at radius 3 is 1.82 bits per heavy atom. The predicted molar refractivity (Wildman–Crippen MR) is 91.6 cm³/mol. The van der Waals surface area contributed by atoms with Gasteiger partial charge in [-0.15, -0.1) is 0 Å². The lowest BCUT2D eigenvalue weighted by atomic mass is 10.1. The van der Waals surface area contributed by atoms with Gasteiger partial charge in [-0.1, -0.05) is 70.4 Å². The summed E-state index contributed by atoms with van der Waals surface area (Å²) in [6.45, 7) is 2.46. The normalized spacial score (nSPS) is 11.0. The molecule has 0 saturated heterocycles. The summed E-state index contributed by atoms with van der Waals surface area (Å²) >= 11 is 0. The number of unbranched alkanes of at least 4 members (excludes halogenated alkanes) is 11. The number of allylic oxidation sites excluding steroid dienone is 2. The van der Waals surface area contributed by atoms with Gasteiger partial charge in [0.25, 0.3) is 0 Å². The van der Waals surface area contributed by atoms with Crippen molar-refractivity contribution in [2.75, 3.05) is 0 Å². The molecule has 0 fully saturated rings. The van der Waals surface area contributed by atoms with Crippen molar-refractivity contribution in [2.24, 2.45) is 0 Å². The van der Waals surface area contributed by atoms with Crippen LogP contribution >= 0.6 is 0 Å². The molecule has 0 aliphatic carbocycles. The van der Waals surface area contributed by atoms with Gasteiger partial charge in [0.1, 0.15) is 0 Å². The molecule has 0 aliphatic rings. The Morgan fingerprint density at radius 2 is 1.27 bits per heavy atom. The standard InChI is InChI=1S/C19H34O3/c1-2-3-4-5-6-7-8-9-10-11-12-13-14-15-16-17-19(21)22-18-20/h9-10,18H,2-8,11-17H2,1H3/b10-9-. The average Bonchev–Trinajstić information content (AvgIpc) is 2.51. The summed E-state index contributed by atoms with van der Waals surface area (Å²) in [6.07, 6.45) is 21.0. The van der Waals surface area contributed by atoms with E-state index in [4.69, 9.17) is 0 Å². The first-order chi connectivity index (χ1) is 10.8. The molecule has 0 N–H and O–H groups in total. The summed E-state index contributed by atoms with van der Waals surface area (Å²) in [5.41, 5.74) is 0. The topological polar surface area (TPSA) is 43.4 Å². The highest BCUT2D eigenvalue weighted by Crippen LogP contribution is 2.10. The maximum Gasteiger partial charge on any atom is 0.313 e. The van der Waals surface area contributed by atoms with E-state index in [1.165, 1.54) is 64.2 Å². The molecule has 22 heavy (non-hydrogen) atoms. The molecule has 0 atom stereocenters. The fourth-order valence-electron chi connectivity index (χ4n) is 2.45. The van der Waals surface area contributed by atoms with Crippen molar-refractivity contribution in [1.29, 1.82) is 0 Å². The van der Waals surface area contributed by atoms with E-state index in [1.807, 2.05) is 0 Å². The van der Waals surface area contributed by atoms with Crippen LogP contribution in [-0.4, -0.2) is 12.4 Å². The lowest BCUT2D eigenvalue weighted by molar-refractivity contribution is -0.151. The van der Waals surface area contributed by atoms with E-state index in [2.05, 4.69) is 23.8 Å². The number of ether oxygens (including phenoxy) is 1. The molecule has 0 bridgehead atoms. The molecule has 0 amide bonds. The molecule has 3 heteroatoms. The summed E-state index contributed by atoms with van der Waals surface area (Å²) in [5, 5.41) is 0. The van der Waals surface area contributed by atoms with Crippen molar-refractivity contribution in [1.82, 2.24) is 0 Å². The zero-order valence-corrected chi connectivity index (χ0v) is 14.4. The first-order valence-corrected chi connectivity index (χ1v) is 9.09. The largest absolute Gasteiger partial charge is 0.395 e. The van der Waals surface area contributed by atoms with Crippen molar-refractivity contribution >= 4 is 12.4 Å². The summed E-state index contributed by atoms with van der Waals surface area (Å²) in [7, 11) is 0. The molecule has 3 nitrogen and oxygen atoms in total. The predicted octanol–water partition coefficient (Wildman–Crippen LogP) is 5.72. The molecule has 0 unspecified atom stereocenters. The van der Waals surface area contributed by atoms with Crippen molar-refractivity contribution in [2.45, 2.75) is 96.8 Å². The number of rotatable bonds is 16. The van der Waals surface area contributed by atoms with Gasteiger partial charge in [-0.25, -0.2) is 0 Å². The van der Waals surface area contributed by atoms with Gasteiger partial charge in [-0.2, -0.15) is 0 Å². The molecule has 0 aromatic rings. The number of carbonyl (C=O) groups excluding carboxylic acids is 2. The highest BCUT2D eigenvalue weighted by molar-refractivity contribution is 5.76. The van der Waals surface area contributed by atoms with Crippen LogP contribution in [0.1, 0.15) is 96.8 Å². The van der Waals surface area contributed by atoms with Crippen LogP contribution in [0.3, 0.4) is 0 Å². The maximum absolute atomic E-state index is 10.9. The first-order valence-electron chi connectivity index (χ1n) is 9.09. The van der Waals surface area contributed by atoms with Gasteiger partial charge < -0.3 is 4.74 Å². The minimum atomic E-state index is -0.410. The lowest BCUT2D eigenvalue weighted by Crippen LogP contribution is -2.01. The first kappa shape index (κ1) is 20.9. The summed E-state index contributed by atoms with van der Waals surface area (Å²) < 4.78 is 4.23. The van der Waals surface area contributed by atoms with Crippen LogP contribution in [0, 0.1) is 0 Å². The number of carbonyl (C=O) groups is 2. The Bertz CT molecular complexity index is 284. The lowest BCUT2D eigenvalue weighted by Gasteiger charge is -2.00. The second-order valence-electron chi connectivity index (χ2n) is 5.92. The van der Waals surface area contributed by atoms with Crippen LogP contribution < -0.4 is 0 Å². The second kappa shape index (κ2) is 17.9. The maximum atomic E-state index is 10.9. The zero-order valence-electron chi connectivity index (χ0n) is 14.4. The van der Waals surface area contributed by atoms with Crippen molar-refractivity contribution in [3.05, 3.63) is 12.2 Å². The van der Waals surface area contributed by atoms with Crippen LogP contribution in [-0.2, 0) is 14.3 Å². The van der Waals surface area contributed by atoms with E-state index >= 15 is 0 Å². The number of esters is 1. The minimum absolute atomic E-state index is 0.208. The van der Waals surface area contributed by atoms with Gasteiger partial charge in [-0.05, 0) is 32.1 Å². The van der Waals surface area contributed by atoms with Crippen molar-refractivity contribution in [3.63, 3.8) is 0 Å². The SMILES string of the molecule is CCCCCCCC/C=C\CCCCCCCC(=O)OC=O. The van der Waals surface area contributed by atoms with E-state index in [0.717, 1.165) is 19.3 Å². The zero-order chi connectivity index (χ0) is 16.3. The highest BCUT2D eigenvalue weighted by atomic mass is 16.6. The van der Waals surface area contributed by atoms with Crippen LogP contribution in [0.4, 0.5) is 0 Å². The molecule has 0 radical (unpaired) electrons. The fourth-order valence-corrected chi connectivity index (χ4v) is 2.45. The third kappa shape index (κ3) is 16.9. The van der Waals surface area contributed by atoms with E-state index in [-0.39, 0.29) is 6.47 Å². The molecular weight excluding hydrogens is 276 g/mol. The minimum Gasteiger partial charge on any atom is -0.395 e. The van der Waals surface area contributed by atoms with Crippen LogP contribution in [0.5, 0.6) is 0 Å². The quantitative estimate of drug-likeness (QED) is 0.120. The van der Waals surface area contributed by atoms with Gasteiger partial charge in [-0.3, -0.25) is 9.59 Å². The third-order valence-corrected chi connectivity index (χ3v) is 3.82. The van der Waals surface area contributed by atoms with Crippen LogP contribution in [0.2, 0.25) is 0 Å². The molecule has 0 aliphatic heterocycles. The van der Waals surface area contributed by atoms with Crippen molar-refractivity contribution < 1.29 is 14.3 Å². The van der Waals surface area contributed by atoms with Gasteiger partial charge >= 0.3 is 12.4 Å². The molecule has 0 spiro atoms. The third-order valence-electron chi connectivity index (χ3n) is 3.82. The van der Waals surface area contributed by atoms with E-state index in [1.54, 1.807) is 0 Å². The monoisotopic (exact) mass is 310 g/mol. The Hall–Kier alpha value is -1.12. The highest BCUT2D eigenvalue weighted by Gasteiger charge is 2.00. The van der Waals surface area contributed by atoms with E-state index < -0.39 is 5.97 Å². The van der Waals surface area contributed by atoms with E-state index in [9.17, 15) is 9.59 Å². The molecule has 0 rings (SSSR count). The molecular formula is C19H34O3. The Labute approximate surface area is 136 Å². The van der Waals surface area contributed by atoms with Gasteiger partial charge in [0.2, 0.25) is 0 Å². The summed E-state index contributed by atoms with van der Waals surface area (Å²) in [5.74, 6) is -0.410. The molecule has 0 heterocycles. The van der Waals surface area contributed by atoms with Crippen molar-refractivity contribution in [3.8, 4) is 0 Å². The Morgan fingerprint density at radius 1 is 0.773 bits per heavy atom. The van der Waals surface area contributed by atoms with Gasteiger partial charge in [0, 0.05) is 6.42 Å². The second-order valence-corrected chi connectivity index (χ2v) is 5.92. The summed E-state index contributed by atoms with van der Waals surface area (Å²) in [6, 6.07) is 0. The van der Waals surface area contributed by atoms with E-state index in [0.29, 0.717) is 6.42 Å².